The molecule has 0 spiro atoms. The van der Waals surface area contributed by atoms with Gasteiger partial charge in [-0.15, -0.1) is 0 Å². The molecular weight excluding hydrogens is 406 g/mol. The number of hydrogen-bond donors (Lipinski definition) is 2. The zero-order chi connectivity index (χ0) is 22.8. The number of nitrogens with one attached hydrogen (secondary N) is 2. The number of anilines is 2. The van der Waals surface area contributed by atoms with Crippen LogP contribution in [0.15, 0.2) is 60.8 Å². The normalized spacial score (nSPS) is 10.3. The lowest BCUT2D eigenvalue weighted by Crippen LogP contribution is -2.26. The summed E-state index contributed by atoms with van der Waals surface area (Å²) in [6, 6.07) is 16.8. The minimum Gasteiger partial charge on any atom is -0.497 e. The first-order valence-electron chi connectivity index (χ1n) is 10.7. The van der Waals surface area contributed by atoms with Crippen molar-refractivity contribution in [3.05, 3.63) is 71.9 Å². The Labute approximate surface area is 188 Å². The van der Waals surface area contributed by atoms with Crippen LogP contribution < -0.4 is 24.8 Å². The summed E-state index contributed by atoms with van der Waals surface area (Å²) in [5, 5.41) is 6.17. The van der Waals surface area contributed by atoms with Crippen molar-refractivity contribution in [1.29, 1.82) is 0 Å². The molecule has 1 aromatic heterocycles. The molecule has 1 amide bonds. The molecule has 0 unspecified atom stereocenters. The molecule has 7 nitrogen and oxygen atoms in total. The average Bonchev–Trinajstić information content (AvgIpc) is 2.82. The number of aromatic nitrogens is 1. The molecule has 2 N–H and O–H groups in total. The van der Waals surface area contributed by atoms with Crippen LogP contribution in [0.5, 0.6) is 17.2 Å². The molecule has 0 aliphatic rings. The highest BCUT2D eigenvalue weighted by atomic mass is 16.5. The predicted octanol–water partition coefficient (Wildman–Crippen LogP) is 4.60. The van der Waals surface area contributed by atoms with Crippen molar-refractivity contribution >= 4 is 17.4 Å². The first-order chi connectivity index (χ1) is 15.6. The monoisotopic (exact) mass is 435 g/mol. The van der Waals surface area contributed by atoms with Crippen molar-refractivity contribution < 1.29 is 19.0 Å². The van der Waals surface area contributed by atoms with Crippen LogP contribution in [0.1, 0.15) is 29.8 Å². The van der Waals surface area contributed by atoms with E-state index in [1.807, 2.05) is 56.3 Å². The number of carbonyl (C=O) groups excluding carboxylic acids is 1. The number of carbonyl (C=O) groups is 1. The standard InChI is InChI=1S/C25H29N3O4/c1-4-31-22-13-8-18(17-23(22)32-5-2)14-16-27-25(29)21-7-6-15-26-24(21)28-19-9-11-20(30-3)12-10-19/h6-13,15,17H,4-5,14,16H2,1-3H3,(H,26,28)(H,27,29). The van der Waals surface area contributed by atoms with E-state index in [2.05, 4.69) is 15.6 Å². The molecular formula is C25H29N3O4. The smallest absolute Gasteiger partial charge is 0.255 e. The van der Waals surface area contributed by atoms with E-state index in [0.29, 0.717) is 37.6 Å². The summed E-state index contributed by atoms with van der Waals surface area (Å²) in [6.07, 6.45) is 2.32. The van der Waals surface area contributed by atoms with Gasteiger partial charge in [-0.25, -0.2) is 4.98 Å². The van der Waals surface area contributed by atoms with Crippen LogP contribution in [0, 0.1) is 0 Å². The van der Waals surface area contributed by atoms with Crippen LogP contribution in [-0.4, -0.2) is 37.8 Å². The zero-order valence-electron chi connectivity index (χ0n) is 18.7. The van der Waals surface area contributed by atoms with Crippen LogP contribution in [-0.2, 0) is 6.42 Å². The topological polar surface area (TPSA) is 81.7 Å². The molecule has 0 atom stereocenters. The van der Waals surface area contributed by atoms with Gasteiger partial charge in [-0.2, -0.15) is 0 Å². The Kier molecular flexibility index (Phi) is 8.31. The number of rotatable bonds is 11. The summed E-state index contributed by atoms with van der Waals surface area (Å²) in [6.45, 7) is 5.50. The van der Waals surface area contributed by atoms with E-state index in [0.717, 1.165) is 28.5 Å². The summed E-state index contributed by atoms with van der Waals surface area (Å²) < 4.78 is 16.5. The highest BCUT2D eigenvalue weighted by Gasteiger charge is 2.13. The van der Waals surface area contributed by atoms with Crippen LogP contribution in [0.25, 0.3) is 0 Å². The minimum atomic E-state index is -0.190. The summed E-state index contributed by atoms with van der Waals surface area (Å²) in [7, 11) is 1.62. The fraction of sp³-hybridized carbons (Fsp3) is 0.280. The zero-order valence-corrected chi connectivity index (χ0v) is 18.7. The van der Waals surface area contributed by atoms with Gasteiger partial charge in [-0.3, -0.25) is 4.79 Å². The van der Waals surface area contributed by atoms with Gasteiger partial charge in [-0.1, -0.05) is 6.07 Å². The third-order valence-corrected chi connectivity index (χ3v) is 4.71. The first kappa shape index (κ1) is 22.9. The van der Waals surface area contributed by atoms with Crippen LogP contribution in [0.4, 0.5) is 11.5 Å². The van der Waals surface area contributed by atoms with E-state index in [9.17, 15) is 4.79 Å². The van der Waals surface area contributed by atoms with Gasteiger partial charge >= 0.3 is 0 Å². The molecule has 3 aromatic rings. The van der Waals surface area contributed by atoms with Crippen molar-refractivity contribution in [2.24, 2.45) is 0 Å². The summed E-state index contributed by atoms with van der Waals surface area (Å²) in [5.41, 5.74) is 2.35. The molecule has 0 radical (unpaired) electrons. The number of methoxy groups -OCH3 is 1. The van der Waals surface area contributed by atoms with E-state index < -0.39 is 0 Å². The Morgan fingerprint density at radius 3 is 2.44 bits per heavy atom. The molecule has 3 rings (SSSR count). The van der Waals surface area contributed by atoms with Crippen molar-refractivity contribution in [2.75, 3.05) is 32.2 Å². The highest BCUT2D eigenvalue weighted by Crippen LogP contribution is 2.28. The Morgan fingerprint density at radius 2 is 1.72 bits per heavy atom. The number of hydrogen-bond acceptors (Lipinski definition) is 6. The maximum absolute atomic E-state index is 12.8. The number of benzene rings is 2. The van der Waals surface area contributed by atoms with Crippen molar-refractivity contribution in [2.45, 2.75) is 20.3 Å². The van der Waals surface area contributed by atoms with Gasteiger partial charge in [0.25, 0.3) is 5.91 Å². The molecule has 0 aliphatic heterocycles. The minimum absolute atomic E-state index is 0.190. The number of pyridine rings is 1. The maximum atomic E-state index is 12.8. The molecule has 168 valence electrons. The van der Waals surface area contributed by atoms with E-state index in [1.54, 1.807) is 25.4 Å². The third kappa shape index (κ3) is 6.14. The van der Waals surface area contributed by atoms with E-state index >= 15 is 0 Å². The molecule has 0 saturated carbocycles. The van der Waals surface area contributed by atoms with Gasteiger partial charge in [0.2, 0.25) is 0 Å². The fourth-order valence-electron chi connectivity index (χ4n) is 3.17. The molecule has 0 saturated heterocycles. The lowest BCUT2D eigenvalue weighted by Gasteiger charge is -2.13. The molecule has 0 fully saturated rings. The second-order valence-corrected chi connectivity index (χ2v) is 6.91. The molecule has 1 heterocycles. The Balaban J connectivity index is 1.62. The number of amides is 1. The third-order valence-electron chi connectivity index (χ3n) is 4.71. The van der Waals surface area contributed by atoms with Crippen molar-refractivity contribution in [3.8, 4) is 17.2 Å². The van der Waals surface area contributed by atoms with Crippen LogP contribution >= 0.6 is 0 Å². The largest absolute Gasteiger partial charge is 0.497 e. The van der Waals surface area contributed by atoms with Crippen LogP contribution in [0.3, 0.4) is 0 Å². The van der Waals surface area contributed by atoms with Gasteiger partial charge in [-0.05, 0) is 74.4 Å². The number of nitrogens with zero attached hydrogens (tertiary/aromatic N) is 1. The lowest BCUT2D eigenvalue weighted by atomic mass is 10.1. The Hall–Kier alpha value is -3.74. The van der Waals surface area contributed by atoms with Gasteiger partial charge < -0.3 is 24.8 Å². The van der Waals surface area contributed by atoms with E-state index in [1.165, 1.54) is 0 Å². The summed E-state index contributed by atoms with van der Waals surface area (Å²) in [5.74, 6) is 2.51. The highest BCUT2D eigenvalue weighted by molar-refractivity contribution is 5.99. The molecule has 7 heteroatoms. The van der Waals surface area contributed by atoms with E-state index in [-0.39, 0.29) is 5.91 Å². The summed E-state index contributed by atoms with van der Waals surface area (Å²) in [4.78, 5) is 17.1. The summed E-state index contributed by atoms with van der Waals surface area (Å²) >= 11 is 0. The fourth-order valence-corrected chi connectivity index (χ4v) is 3.17. The van der Waals surface area contributed by atoms with Gasteiger partial charge in [0.05, 0.1) is 25.9 Å². The number of ether oxygens (including phenoxy) is 3. The van der Waals surface area contributed by atoms with Gasteiger partial charge in [0.1, 0.15) is 11.6 Å². The Bertz CT molecular complexity index is 1020. The second-order valence-electron chi connectivity index (χ2n) is 6.91. The van der Waals surface area contributed by atoms with Crippen molar-refractivity contribution in [3.63, 3.8) is 0 Å². The average molecular weight is 436 g/mol. The molecule has 0 bridgehead atoms. The quantitative estimate of drug-likeness (QED) is 0.458. The maximum Gasteiger partial charge on any atom is 0.255 e. The predicted molar refractivity (Wildman–Crippen MR) is 125 cm³/mol. The molecule has 0 aliphatic carbocycles. The molecule has 32 heavy (non-hydrogen) atoms. The van der Waals surface area contributed by atoms with Crippen molar-refractivity contribution in [1.82, 2.24) is 10.3 Å². The second kappa shape index (κ2) is 11.6. The molecule has 2 aromatic carbocycles. The van der Waals surface area contributed by atoms with E-state index in [4.69, 9.17) is 14.2 Å². The SMILES string of the molecule is CCOc1ccc(CCNC(=O)c2cccnc2Nc2ccc(OC)cc2)cc1OCC. The first-order valence-corrected chi connectivity index (χ1v) is 10.7. The lowest BCUT2D eigenvalue weighted by molar-refractivity contribution is 0.0954. The van der Waals surface area contributed by atoms with Crippen LogP contribution in [0.2, 0.25) is 0 Å². The Morgan fingerprint density at radius 1 is 0.969 bits per heavy atom. The van der Waals surface area contributed by atoms with Gasteiger partial charge in [0, 0.05) is 18.4 Å². The van der Waals surface area contributed by atoms with Gasteiger partial charge in [0.15, 0.2) is 11.5 Å².